The van der Waals surface area contributed by atoms with Crippen LogP contribution >= 0.6 is 15.9 Å². The van der Waals surface area contributed by atoms with Gasteiger partial charge >= 0.3 is 0 Å². The average Bonchev–Trinajstić information content (AvgIpc) is 2.45. The molecule has 12 heavy (non-hydrogen) atoms. The van der Waals surface area contributed by atoms with Crippen LogP contribution in [0.1, 0.15) is 26.2 Å². The molecule has 0 aromatic rings. The molecule has 1 aliphatic heterocycles. The van der Waals surface area contributed by atoms with E-state index in [1.54, 1.807) is 0 Å². The van der Waals surface area contributed by atoms with Gasteiger partial charge in [-0.05, 0) is 32.7 Å². The summed E-state index contributed by atoms with van der Waals surface area (Å²) >= 11 is 3.40. The second-order valence-electron chi connectivity index (χ2n) is 3.39. The lowest BCUT2D eigenvalue weighted by molar-refractivity contribution is 0.0562. The Kier molecular flexibility index (Phi) is 5.19. The summed E-state index contributed by atoms with van der Waals surface area (Å²) in [4.78, 5) is 0. The molecule has 1 saturated heterocycles. The van der Waals surface area contributed by atoms with Gasteiger partial charge < -0.3 is 10.1 Å². The summed E-state index contributed by atoms with van der Waals surface area (Å²) in [6, 6.07) is 0. The molecule has 1 aliphatic rings. The van der Waals surface area contributed by atoms with Gasteiger partial charge in [-0.25, -0.2) is 0 Å². The van der Waals surface area contributed by atoms with E-state index in [4.69, 9.17) is 4.74 Å². The van der Waals surface area contributed by atoms with Gasteiger partial charge in [-0.1, -0.05) is 15.9 Å². The van der Waals surface area contributed by atoms with Crippen molar-refractivity contribution in [3.05, 3.63) is 0 Å². The molecule has 0 aliphatic carbocycles. The van der Waals surface area contributed by atoms with Gasteiger partial charge in [0.05, 0.1) is 12.2 Å². The molecule has 2 atom stereocenters. The van der Waals surface area contributed by atoms with Crippen molar-refractivity contribution >= 4 is 15.9 Å². The zero-order valence-electron chi connectivity index (χ0n) is 7.68. The predicted octanol–water partition coefficient (Wildman–Crippen LogP) is 1.93. The fourth-order valence-electron chi connectivity index (χ4n) is 1.49. The molecule has 2 unspecified atom stereocenters. The Hall–Kier alpha value is 0.400. The Morgan fingerprint density at radius 3 is 2.92 bits per heavy atom. The van der Waals surface area contributed by atoms with Crippen LogP contribution < -0.4 is 5.32 Å². The van der Waals surface area contributed by atoms with Gasteiger partial charge in [-0.2, -0.15) is 0 Å². The minimum atomic E-state index is 0.468. The molecule has 3 heteroatoms. The van der Waals surface area contributed by atoms with Crippen molar-refractivity contribution in [2.45, 2.75) is 38.4 Å². The molecule has 2 nitrogen and oxygen atoms in total. The van der Waals surface area contributed by atoms with E-state index in [0.29, 0.717) is 12.2 Å². The Bertz CT molecular complexity index is 121. The third kappa shape index (κ3) is 3.87. The quantitative estimate of drug-likeness (QED) is 0.581. The van der Waals surface area contributed by atoms with Gasteiger partial charge in [-0.3, -0.25) is 0 Å². The summed E-state index contributed by atoms with van der Waals surface area (Å²) < 4.78 is 5.67. The number of nitrogens with one attached hydrogen (secondary N) is 1. The van der Waals surface area contributed by atoms with Gasteiger partial charge in [0.1, 0.15) is 0 Å². The van der Waals surface area contributed by atoms with Crippen molar-refractivity contribution in [2.24, 2.45) is 0 Å². The second-order valence-corrected chi connectivity index (χ2v) is 4.19. The number of ether oxygens (including phenoxy) is 1. The molecule has 1 rings (SSSR count). The minimum absolute atomic E-state index is 0.468. The van der Waals surface area contributed by atoms with Crippen molar-refractivity contribution < 1.29 is 4.74 Å². The van der Waals surface area contributed by atoms with E-state index in [-0.39, 0.29) is 0 Å². The lowest BCUT2D eigenvalue weighted by atomic mass is 10.2. The lowest BCUT2D eigenvalue weighted by Gasteiger charge is -2.11. The molecule has 0 amide bonds. The van der Waals surface area contributed by atoms with Gasteiger partial charge in [0.25, 0.3) is 0 Å². The number of hydrogen-bond acceptors (Lipinski definition) is 2. The zero-order chi connectivity index (χ0) is 8.81. The standard InChI is InChI=1S/C9H18BrNO/c1-8-3-4-9(12-8)7-11-6-2-5-10/h8-9,11H,2-7H2,1H3. The monoisotopic (exact) mass is 235 g/mol. The molecule has 0 saturated carbocycles. The highest BCUT2D eigenvalue weighted by Gasteiger charge is 2.20. The van der Waals surface area contributed by atoms with Crippen LogP contribution in [0.15, 0.2) is 0 Å². The molecule has 72 valence electrons. The van der Waals surface area contributed by atoms with Crippen LogP contribution in [0.4, 0.5) is 0 Å². The highest BCUT2D eigenvalue weighted by molar-refractivity contribution is 9.09. The molecule has 0 radical (unpaired) electrons. The van der Waals surface area contributed by atoms with Crippen molar-refractivity contribution in [1.82, 2.24) is 5.32 Å². The lowest BCUT2D eigenvalue weighted by Crippen LogP contribution is -2.27. The van der Waals surface area contributed by atoms with E-state index >= 15 is 0 Å². The van der Waals surface area contributed by atoms with Crippen LogP contribution in [-0.2, 0) is 4.74 Å². The van der Waals surface area contributed by atoms with Crippen LogP contribution in [-0.4, -0.2) is 30.6 Å². The van der Waals surface area contributed by atoms with Crippen molar-refractivity contribution in [3.8, 4) is 0 Å². The first-order chi connectivity index (χ1) is 5.83. The van der Waals surface area contributed by atoms with Crippen LogP contribution in [0.25, 0.3) is 0 Å². The van der Waals surface area contributed by atoms with Gasteiger partial charge in [0, 0.05) is 11.9 Å². The van der Waals surface area contributed by atoms with Crippen LogP contribution in [0.5, 0.6) is 0 Å². The van der Waals surface area contributed by atoms with E-state index in [1.165, 1.54) is 19.3 Å². The summed E-state index contributed by atoms with van der Waals surface area (Å²) in [5.41, 5.74) is 0. The Balaban J connectivity index is 1.93. The summed E-state index contributed by atoms with van der Waals surface area (Å²) in [5, 5.41) is 4.48. The molecule has 0 spiro atoms. The largest absolute Gasteiger partial charge is 0.374 e. The van der Waals surface area contributed by atoms with Crippen LogP contribution in [0, 0.1) is 0 Å². The molecule has 0 bridgehead atoms. The van der Waals surface area contributed by atoms with Gasteiger partial charge in [0.2, 0.25) is 0 Å². The van der Waals surface area contributed by atoms with Crippen molar-refractivity contribution in [3.63, 3.8) is 0 Å². The maximum atomic E-state index is 5.67. The van der Waals surface area contributed by atoms with Crippen molar-refractivity contribution in [1.29, 1.82) is 0 Å². The molecular formula is C9H18BrNO. The smallest absolute Gasteiger partial charge is 0.0704 e. The van der Waals surface area contributed by atoms with Gasteiger partial charge in [-0.15, -0.1) is 0 Å². The Morgan fingerprint density at radius 2 is 2.33 bits per heavy atom. The predicted molar refractivity (Wildman–Crippen MR) is 54.8 cm³/mol. The normalized spacial score (nSPS) is 29.5. The fraction of sp³-hybridized carbons (Fsp3) is 1.00. The molecule has 1 N–H and O–H groups in total. The molecule has 1 fully saturated rings. The molecule has 0 aromatic carbocycles. The first kappa shape index (κ1) is 10.5. The topological polar surface area (TPSA) is 21.3 Å². The summed E-state index contributed by atoms with van der Waals surface area (Å²) in [5.74, 6) is 0. The third-order valence-corrected chi connectivity index (χ3v) is 2.74. The van der Waals surface area contributed by atoms with Crippen molar-refractivity contribution in [2.75, 3.05) is 18.4 Å². The van der Waals surface area contributed by atoms with Crippen LogP contribution in [0.2, 0.25) is 0 Å². The Morgan fingerprint density at radius 1 is 1.50 bits per heavy atom. The molecule has 0 aromatic heterocycles. The first-order valence-corrected chi connectivity index (χ1v) is 5.87. The Labute approximate surface area is 83.2 Å². The summed E-state index contributed by atoms with van der Waals surface area (Å²) in [6.07, 6.45) is 4.60. The van der Waals surface area contributed by atoms with E-state index in [2.05, 4.69) is 28.2 Å². The minimum Gasteiger partial charge on any atom is -0.374 e. The SMILES string of the molecule is CC1CCC(CNCCCBr)O1. The second kappa shape index (κ2) is 5.95. The number of hydrogen-bond donors (Lipinski definition) is 1. The maximum absolute atomic E-state index is 5.67. The molecular weight excluding hydrogens is 218 g/mol. The third-order valence-electron chi connectivity index (χ3n) is 2.18. The van der Waals surface area contributed by atoms with E-state index in [0.717, 1.165) is 18.4 Å². The van der Waals surface area contributed by atoms with E-state index in [9.17, 15) is 0 Å². The van der Waals surface area contributed by atoms with E-state index < -0.39 is 0 Å². The van der Waals surface area contributed by atoms with E-state index in [1.807, 2.05) is 0 Å². The number of alkyl halides is 1. The molecule has 1 heterocycles. The van der Waals surface area contributed by atoms with Gasteiger partial charge in [0.15, 0.2) is 0 Å². The fourth-order valence-corrected chi connectivity index (χ4v) is 1.77. The van der Waals surface area contributed by atoms with Crippen LogP contribution in [0.3, 0.4) is 0 Å². The highest BCUT2D eigenvalue weighted by atomic mass is 79.9. The summed E-state index contributed by atoms with van der Waals surface area (Å²) in [6.45, 7) is 4.27. The summed E-state index contributed by atoms with van der Waals surface area (Å²) in [7, 11) is 0. The number of halogens is 1. The highest BCUT2D eigenvalue weighted by Crippen LogP contribution is 2.17. The first-order valence-electron chi connectivity index (χ1n) is 4.75. The maximum Gasteiger partial charge on any atom is 0.0704 e. The zero-order valence-corrected chi connectivity index (χ0v) is 9.27. The average molecular weight is 236 g/mol. The number of rotatable bonds is 5.